The molecule has 0 aliphatic carbocycles. The van der Waals surface area contributed by atoms with E-state index < -0.39 is 6.16 Å². The minimum absolute atomic E-state index is 0. The Bertz CT molecular complexity index is 33.8. The van der Waals surface area contributed by atoms with Gasteiger partial charge in [0.1, 0.15) is 0 Å². The van der Waals surface area contributed by atoms with E-state index in [9.17, 15) is 0 Å². The first-order valence-electron chi connectivity index (χ1n) is 0.651. The van der Waals surface area contributed by atoms with Crippen LogP contribution >= 0.6 is 0 Å². The second-order valence-corrected chi connectivity index (χ2v) is 0.283. The van der Waals surface area contributed by atoms with Crippen LogP contribution in [0.3, 0.4) is 0 Å². The SMILES string of the molecule is O=C(O)O.[Ce].[H+]. The molecule has 4 heteroatoms. The van der Waals surface area contributed by atoms with Crippen LogP contribution in [0.5, 0.6) is 0 Å². The molecule has 0 bridgehead atoms. The molecule has 0 rings (SSSR count). The molecule has 0 atom stereocenters. The van der Waals surface area contributed by atoms with E-state index in [1.54, 1.807) is 0 Å². The summed E-state index contributed by atoms with van der Waals surface area (Å²) in [7, 11) is 0. The Kier molecular flexibility index (Phi) is 8.52. The first-order valence-corrected chi connectivity index (χ1v) is 0.651. The van der Waals surface area contributed by atoms with Crippen LogP contribution in [-0.2, 0) is 0 Å². The fourth-order valence-electron chi connectivity index (χ4n) is 0. The largest absolute Gasteiger partial charge is 1.00 e. The standard InChI is InChI=1S/CH2O3.Ce/c2-1(3)4;/h(H2,2,3,4);/p+1. The van der Waals surface area contributed by atoms with Crippen molar-refractivity contribution in [3.05, 3.63) is 0 Å². The van der Waals surface area contributed by atoms with Crippen LogP contribution in [0.1, 0.15) is 1.43 Å². The first kappa shape index (κ1) is 9.17. The molecular formula is CH3CeO3+. The van der Waals surface area contributed by atoms with Gasteiger partial charge in [0, 0.05) is 41.7 Å². The van der Waals surface area contributed by atoms with Crippen LogP contribution in [0, 0.1) is 41.7 Å². The molecule has 0 saturated heterocycles. The number of hydrogen-bond donors (Lipinski definition) is 2. The minimum atomic E-state index is -1.83. The first-order chi connectivity index (χ1) is 1.73. The Balaban J connectivity index is -0.0000000450. The third kappa shape index (κ3) is 77.8. The van der Waals surface area contributed by atoms with Gasteiger partial charge in [0.25, 0.3) is 0 Å². The fraction of sp³-hybridized carbons (Fsp3) is 0. The number of carbonyl (C=O) groups is 1. The Morgan fingerprint density at radius 3 is 1.60 bits per heavy atom. The normalized spacial score (nSPS) is 4.80. The molecule has 0 aromatic carbocycles. The van der Waals surface area contributed by atoms with E-state index in [2.05, 4.69) is 0 Å². The molecule has 5 heavy (non-hydrogen) atoms. The summed E-state index contributed by atoms with van der Waals surface area (Å²) in [5, 5.41) is 13.9. The Morgan fingerprint density at radius 2 is 1.60 bits per heavy atom. The van der Waals surface area contributed by atoms with Crippen molar-refractivity contribution in [1.29, 1.82) is 0 Å². The topological polar surface area (TPSA) is 57.5 Å². The third-order valence-corrected chi connectivity index (χ3v) is 0. The van der Waals surface area contributed by atoms with Gasteiger partial charge in [-0.1, -0.05) is 0 Å². The van der Waals surface area contributed by atoms with Gasteiger partial charge >= 0.3 is 7.58 Å². The summed E-state index contributed by atoms with van der Waals surface area (Å²) in [6.45, 7) is 0. The van der Waals surface area contributed by atoms with E-state index in [-0.39, 0.29) is 43.2 Å². The van der Waals surface area contributed by atoms with Gasteiger partial charge in [0.05, 0.1) is 0 Å². The van der Waals surface area contributed by atoms with Crippen molar-refractivity contribution in [3.63, 3.8) is 0 Å². The second-order valence-electron chi connectivity index (χ2n) is 0.283. The van der Waals surface area contributed by atoms with Gasteiger partial charge in [-0.25, -0.2) is 4.79 Å². The van der Waals surface area contributed by atoms with Crippen molar-refractivity contribution in [2.75, 3.05) is 0 Å². The molecule has 0 heterocycles. The van der Waals surface area contributed by atoms with Gasteiger partial charge in [-0.05, 0) is 0 Å². The van der Waals surface area contributed by atoms with Gasteiger partial charge < -0.3 is 10.2 Å². The third-order valence-electron chi connectivity index (χ3n) is 0. The van der Waals surface area contributed by atoms with Crippen LogP contribution < -0.4 is 0 Å². The zero-order chi connectivity index (χ0) is 3.58. The monoisotopic (exact) mass is 203 g/mol. The van der Waals surface area contributed by atoms with Crippen LogP contribution in [0.2, 0.25) is 0 Å². The molecule has 28 valence electrons. The molecule has 0 aromatic rings. The molecule has 0 spiro atoms. The van der Waals surface area contributed by atoms with Gasteiger partial charge in [0.2, 0.25) is 0 Å². The van der Waals surface area contributed by atoms with Gasteiger partial charge in [-0.3, -0.25) is 0 Å². The van der Waals surface area contributed by atoms with Crippen molar-refractivity contribution < 1.29 is 58.2 Å². The summed E-state index contributed by atoms with van der Waals surface area (Å²) in [6, 6.07) is 0. The summed E-state index contributed by atoms with van der Waals surface area (Å²) in [6.07, 6.45) is -1.83. The van der Waals surface area contributed by atoms with Crippen molar-refractivity contribution >= 4 is 6.16 Å². The average molecular weight is 203 g/mol. The van der Waals surface area contributed by atoms with Crippen LogP contribution in [0.15, 0.2) is 0 Å². The van der Waals surface area contributed by atoms with E-state index in [1.165, 1.54) is 0 Å². The van der Waals surface area contributed by atoms with Gasteiger partial charge in [0.15, 0.2) is 0 Å². The van der Waals surface area contributed by atoms with Crippen molar-refractivity contribution in [2.45, 2.75) is 0 Å². The molecular weight excluding hydrogens is 200 g/mol. The van der Waals surface area contributed by atoms with Crippen molar-refractivity contribution in [3.8, 4) is 0 Å². The van der Waals surface area contributed by atoms with E-state index in [1.807, 2.05) is 0 Å². The van der Waals surface area contributed by atoms with Crippen LogP contribution in [0.4, 0.5) is 4.79 Å². The summed E-state index contributed by atoms with van der Waals surface area (Å²) in [4.78, 5) is 8.56. The molecule has 0 aromatic heterocycles. The van der Waals surface area contributed by atoms with E-state index in [0.29, 0.717) is 0 Å². The predicted octanol–water partition coefficient (Wildman–Crippen LogP) is 0.335. The van der Waals surface area contributed by atoms with Gasteiger partial charge in [-0.2, -0.15) is 0 Å². The molecule has 0 radical (unpaired) electrons. The zero-order valence-electron chi connectivity index (χ0n) is 3.30. The molecule has 3 nitrogen and oxygen atoms in total. The van der Waals surface area contributed by atoms with Crippen molar-refractivity contribution in [2.24, 2.45) is 0 Å². The summed E-state index contributed by atoms with van der Waals surface area (Å²) >= 11 is 0. The molecule has 0 fully saturated rings. The van der Waals surface area contributed by atoms with Crippen LogP contribution in [0.25, 0.3) is 0 Å². The van der Waals surface area contributed by atoms with E-state index >= 15 is 0 Å². The summed E-state index contributed by atoms with van der Waals surface area (Å²) < 4.78 is 0. The second kappa shape index (κ2) is 4.65. The molecule has 2 N–H and O–H groups in total. The maximum Gasteiger partial charge on any atom is 1.00 e. The quantitative estimate of drug-likeness (QED) is 0.596. The Labute approximate surface area is 63.9 Å². The van der Waals surface area contributed by atoms with E-state index in [0.717, 1.165) is 0 Å². The smallest absolute Gasteiger partial charge is 0.450 e. The number of rotatable bonds is 0. The van der Waals surface area contributed by atoms with Crippen molar-refractivity contribution in [1.82, 2.24) is 0 Å². The Morgan fingerprint density at radius 1 is 1.60 bits per heavy atom. The maximum absolute atomic E-state index is 8.56. The van der Waals surface area contributed by atoms with Crippen LogP contribution in [-0.4, -0.2) is 16.4 Å². The summed E-state index contributed by atoms with van der Waals surface area (Å²) in [5.41, 5.74) is 0. The Hall–Kier alpha value is 0.647. The van der Waals surface area contributed by atoms with E-state index in [4.69, 9.17) is 15.0 Å². The number of carboxylic acid groups (broad SMARTS) is 2. The fourth-order valence-corrected chi connectivity index (χ4v) is 0. The molecule has 0 aliphatic heterocycles. The predicted molar refractivity (Wildman–Crippen MR) is 11.8 cm³/mol. The molecule has 0 unspecified atom stereocenters. The summed E-state index contributed by atoms with van der Waals surface area (Å²) in [5.74, 6) is 0. The zero-order valence-corrected chi connectivity index (χ0v) is 5.44. The van der Waals surface area contributed by atoms with Gasteiger partial charge in [-0.15, -0.1) is 0 Å². The molecule has 0 amide bonds. The average Bonchev–Trinajstić information content (AvgIpc) is 0.811. The minimum Gasteiger partial charge on any atom is -0.450 e. The molecule has 0 saturated carbocycles. The maximum atomic E-state index is 8.56. The molecule has 0 aliphatic rings. The number of hydrogen-bond acceptors (Lipinski definition) is 1.